The van der Waals surface area contributed by atoms with Gasteiger partial charge in [0.1, 0.15) is 5.69 Å². The van der Waals surface area contributed by atoms with E-state index in [4.69, 9.17) is 0 Å². The first-order chi connectivity index (χ1) is 13.2. The zero-order valence-corrected chi connectivity index (χ0v) is 16.0. The number of carbonyl (C=O) groups excluding carboxylic acids is 2. The van der Waals surface area contributed by atoms with Gasteiger partial charge >= 0.3 is 6.18 Å². The van der Waals surface area contributed by atoms with Crippen molar-refractivity contribution >= 4 is 44.8 Å². The van der Waals surface area contributed by atoms with Crippen LogP contribution in [0, 0.1) is 0 Å². The third-order valence-corrected chi connectivity index (χ3v) is 5.10. The molecule has 0 unspecified atom stereocenters. The molecule has 0 aliphatic rings. The van der Waals surface area contributed by atoms with Gasteiger partial charge in [-0.15, -0.1) is 22.7 Å². The highest BCUT2D eigenvalue weighted by atomic mass is 32.1. The summed E-state index contributed by atoms with van der Waals surface area (Å²) in [5, 5.41) is 7.18. The van der Waals surface area contributed by atoms with Crippen molar-refractivity contribution in [2.45, 2.75) is 19.5 Å². The van der Waals surface area contributed by atoms with E-state index in [1.54, 1.807) is 6.07 Å². The van der Waals surface area contributed by atoms with Gasteiger partial charge in [-0.3, -0.25) is 14.9 Å². The molecular formula is C17H13F3N4O2S2. The molecule has 2 amide bonds. The minimum atomic E-state index is -4.40. The summed E-state index contributed by atoms with van der Waals surface area (Å²) in [6, 6.07) is 5.07. The summed E-state index contributed by atoms with van der Waals surface area (Å²) in [5.74, 6) is -0.784. The first-order valence-corrected chi connectivity index (χ1v) is 9.55. The highest BCUT2D eigenvalue weighted by molar-refractivity contribution is 7.15. The second kappa shape index (κ2) is 8.07. The number of amides is 2. The molecule has 1 aromatic carbocycles. The van der Waals surface area contributed by atoms with E-state index >= 15 is 0 Å². The molecule has 6 nitrogen and oxygen atoms in total. The number of nitrogens with zero attached hydrogens (tertiary/aromatic N) is 2. The number of rotatable bonds is 5. The zero-order chi connectivity index (χ0) is 20.3. The van der Waals surface area contributed by atoms with Crippen LogP contribution in [0.5, 0.6) is 0 Å². The Bertz CT molecular complexity index is 1010. The number of aromatic nitrogens is 2. The Hall–Kier alpha value is -2.79. The van der Waals surface area contributed by atoms with E-state index in [0.29, 0.717) is 20.7 Å². The third kappa shape index (κ3) is 5.14. The summed E-state index contributed by atoms with van der Waals surface area (Å²) in [4.78, 5) is 32.0. The minimum Gasteiger partial charge on any atom is -0.302 e. The quantitative estimate of drug-likeness (QED) is 0.633. The Morgan fingerprint density at radius 3 is 2.68 bits per heavy atom. The van der Waals surface area contributed by atoms with Crippen molar-refractivity contribution in [3.05, 3.63) is 57.5 Å². The van der Waals surface area contributed by atoms with E-state index in [0.717, 1.165) is 34.8 Å². The first kappa shape index (κ1) is 20.0. The van der Waals surface area contributed by atoms with Gasteiger partial charge in [-0.05, 0) is 11.6 Å². The molecular weight excluding hydrogens is 413 g/mol. The number of hydrogen-bond donors (Lipinski definition) is 2. The molecule has 0 fully saturated rings. The lowest BCUT2D eigenvalue weighted by Gasteiger charge is -2.07. The minimum absolute atomic E-state index is 0.128. The molecule has 0 saturated heterocycles. The van der Waals surface area contributed by atoms with Crippen molar-refractivity contribution in [1.29, 1.82) is 0 Å². The zero-order valence-electron chi connectivity index (χ0n) is 14.3. The molecule has 0 aliphatic carbocycles. The summed E-state index contributed by atoms with van der Waals surface area (Å²) in [6.45, 7) is 1.34. The summed E-state index contributed by atoms with van der Waals surface area (Å²) >= 11 is 2.28. The number of carbonyl (C=O) groups is 2. The lowest BCUT2D eigenvalue weighted by atomic mass is 10.1. The Morgan fingerprint density at radius 2 is 1.96 bits per heavy atom. The van der Waals surface area contributed by atoms with Gasteiger partial charge in [0.15, 0.2) is 10.3 Å². The maximum absolute atomic E-state index is 12.8. The van der Waals surface area contributed by atoms with Crippen LogP contribution < -0.4 is 10.6 Å². The van der Waals surface area contributed by atoms with Crippen LogP contribution in [-0.2, 0) is 17.4 Å². The van der Waals surface area contributed by atoms with E-state index in [2.05, 4.69) is 20.6 Å². The Morgan fingerprint density at radius 1 is 1.18 bits per heavy atom. The number of nitrogens with one attached hydrogen (secondary N) is 2. The molecule has 2 aromatic heterocycles. The molecule has 11 heteroatoms. The molecule has 2 N–H and O–H groups in total. The van der Waals surface area contributed by atoms with Crippen molar-refractivity contribution in [3.8, 4) is 0 Å². The summed E-state index contributed by atoms with van der Waals surface area (Å²) in [6.07, 6.45) is -2.63. The van der Waals surface area contributed by atoms with E-state index in [1.165, 1.54) is 24.6 Å². The van der Waals surface area contributed by atoms with E-state index in [1.807, 2.05) is 0 Å². The van der Waals surface area contributed by atoms with Crippen molar-refractivity contribution in [1.82, 2.24) is 9.97 Å². The van der Waals surface area contributed by atoms with Crippen LogP contribution in [0.25, 0.3) is 0 Å². The van der Waals surface area contributed by atoms with Crippen molar-refractivity contribution in [2.24, 2.45) is 0 Å². The van der Waals surface area contributed by atoms with E-state index in [-0.39, 0.29) is 18.0 Å². The number of benzene rings is 1. The number of anilines is 2. The molecule has 0 saturated carbocycles. The molecule has 3 aromatic rings. The predicted octanol–water partition coefficient (Wildman–Crippen LogP) is 4.42. The summed E-state index contributed by atoms with van der Waals surface area (Å²) in [5.41, 5.74) is -0.0827. The fourth-order valence-electron chi connectivity index (χ4n) is 2.25. The largest absolute Gasteiger partial charge is 0.416 e. The Labute approximate surface area is 165 Å². The van der Waals surface area contributed by atoms with Crippen LogP contribution in [0.3, 0.4) is 0 Å². The maximum Gasteiger partial charge on any atom is 0.416 e. The number of thiazole rings is 2. The normalized spacial score (nSPS) is 11.3. The van der Waals surface area contributed by atoms with Crippen LogP contribution in [-0.4, -0.2) is 21.8 Å². The van der Waals surface area contributed by atoms with Gasteiger partial charge in [0, 0.05) is 29.8 Å². The van der Waals surface area contributed by atoms with Gasteiger partial charge < -0.3 is 5.32 Å². The van der Waals surface area contributed by atoms with Crippen LogP contribution in [0.2, 0.25) is 0 Å². The maximum atomic E-state index is 12.8. The SMILES string of the molecule is CC(=O)Nc1nc(C(=O)Nc2ncc(Cc3cccc(C(F)(F)F)c3)s2)cs1. The number of halogens is 3. The van der Waals surface area contributed by atoms with Crippen molar-refractivity contribution < 1.29 is 22.8 Å². The molecule has 3 rings (SSSR count). The lowest BCUT2D eigenvalue weighted by Crippen LogP contribution is -2.12. The molecule has 0 radical (unpaired) electrons. The van der Waals surface area contributed by atoms with E-state index in [9.17, 15) is 22.8 Å². The van der Waals surface area contributed by atoms with Crippen LogP contribution in [0.1, 0.15) is 33.4 Å². The highest BCUT2D eigenvalue weighted by Gasteiger charge is 2.30. The van der Waals surface area contributed by atoms with Gasteiger partial charge in [0.05, 0.1) is 5.56 Å². The highest BCUT2D eigenvalue weighted by Crippen LogP contribution is 2.30. The van der Waals surface area contributed by atoms with Gasteiger partial charge in [-0.25, -0.2) is 9.97 Å². The van der Waals surface area contributed by atoms with Crippen LogP contribution in [0.4, 0.5) is 23.4 Å². The van der Waals surface area contributed by atoms with Gasteiger partial charge in [-0.1, -0.05) is 18.2 Å². The van der Waals surface area contributed by atoms with Crippen LogP contribution in [0.15, 0.2) is 35.8 Å². The first-order valence-electron chi connectivity index (χ1n) is 7.86. The molecule has 0 bridgehead atoms. The van der Waals surface area contributed by atoms with Crippen molar-refractivity contribution in [3.63, 3.8) is 0 Å². The second-order valence-electron chi connectivity index (χ2n) is 5.68. The molecule has 0 atom stereocenters. The average molecular weight is 426 g/mol. The summed E-state index contributed by atoms with van der Waals surface area (Å²) < 4.78 is 38.4. The van der Waals surface area contributed by atoms with Gasteiger partial charge in [-0.2, -0.15) is 13.2 Å². The Kier molecular flexibility index (Phi) is 5.75. The second-order valence-corrected chi connectivity index (χ2v) is 7.65. The molecule has 146 valence electrons. The molecule has 28 heavy (non-hydrogen) atoms. The summed E-state index contributed by atoms with van der Waals surface area (Å²) in [7, 11) is 0. The van der Waals surface area contributed by atoms with Crippen molar-refractivity contribution in [2.75, 3.05) is 10.6 Å². The fourth-order valence-corrected chi connectivity index (χ4v) is 3.83. The van der Waals surface area contributed by atoms with Crippen LogP contribution >= 0.6 is 22.7 Å². The Balaban J connectivity index is 1.65. The standard InChI is InChI=1S/C17H13F3N4O2S2/c1-9(25)22-16-23-13(8-27-16)14(26)24-15-21-7-12(28-15)6-10-3-2-4-11(5-10)17(18,19)20/h2-5,7-8H,6H2,1H3,(H,21,24,26)(H,22,23,25). The van der Waals surface area contributed by atoms with Gasteiger partial charge in [0.25, 0.3) is 5.91 Å². The molecule has 0 spiro atoms. The molecule has 0 aliphatic heterocycles. The van der Waals surface area contributed by atoms with Gasteiger partial charge in [0.2, 0.25) is 5.91 Å². The average Bonchev–Trinajstić information content (AvgIpc) is 3.23. The smallest absolute Gasteiger partial charge is 0.302 e. The topological polar surface area (TPSA) is 84.0 Å². The molecule has 2 heterocycles. The third-order valence-electron chi connectivity index (χ3n) is 3.43. The lowest BCUT2D eigenvalue weighted by molar-refractivity contribution is -0.137. The predicted molar refractivity (Wildman–Crippen MR) is 101 cm³/mol. The fraction of sp³-hybridized carbons (Fsp3) is 0.176. The van der Waals surface area contributed by atoms with E-state index < -0.39 is 17.6 Å². The number of alkyl halides is 3. The monoisotopic (exact) mass is 426 g/mol. The number of hydrogen-bond acceptors (Lipinski definition) is 6.